The van der Waals surface area contributed by atoms with Crippen molar-refractivity contribution < 1.29 is 14.0 Å². The molecule has 1 heterocycles. The minimum atomic E-state index is -0.401. The van der Waals surface area contributed by atoms with E-state index in [0.717, 1.165) is 17.7 Å². The van der Waals surface area contributed by atoms with Crippen molar-refractivity contribution in [2.75, 3.05) is 13.1 Å². The van der Waals surface area contributed by atoms with Crippen molar-refractivity contribution in [3.8, 4) is 0 Å². The number of thiophene rings is 1. The summed E-state index contributed by atoms with van der Waals surface area (Å²) in [5.41, 5.74) is 2.07. The summed E-state index contributed by atoms with van der Waals surface area (Å²) in [6, 6.07) is 6.34. The average Bonchev–Trinajstić information content (AvgIpc) is 3.15. The molecule has 3 rings (SSSR count). The van der Waals surface area contributed by atoms with Gasteiger partial charge >= 0.3 is 0 Å². The summed E-state index contributed by atoms with van der Waals surface area (Å²) in [6.07, 6.45) is 3.30. The number of carbonyl (C=O) groups is 2. The lowest BCUT2D eigenvalue weighted by atomic mass is 10.1. The Hall–Kier alpha value is -2.21. The van der Waals surface area contributed by atoms with Crippen LogP contribution in [0.5, 0.6) is 0 Å². The number of amides is 2. The second-order valence-electron chi connectivity index (χ2n) is 5.89. The van der Waals surface area contributed by atoms with Gasteiger partial charge in [0.25, 0.3) is 11.8 Å². The van der Waals surface area contributed by atoms with Crippen LogP contribution in [-0.2, 0) is 12.8 Å². The van der Waals surface area contributed by atoms with Crippen LogP contribution in [0.2, 0.25) is 0 Å². The van der Waals surface area contributed by atoms with Gasteiger partial charge in [-0.1, -0.05) is 6.07 Å². The van der Waals surface area contributed by atoms with E-state index in [1.165, 1.54) is 22.9 Å². The predicted octanol–water partition coefficient (Wildman–Crippen LogP) is 2.84. The molecule has 0 saturated carbocycles. The van der Waals surface area contributed by atoms with Crippen LogP contribution >= 0.6 is 11.3 Å². The molecule has 0 spiro atoms. The Morgan fingerprint density at radius 2 is 1.88 bits per heavy atom. The van der Waals surface area contributed by atoms with Crippen LogP contribution in [0.3, 0.4) is 0 Å². The third-order valence-electron chi connectivity index (χ3n) is 4.10. The fraction of sp³-hybridized carbons (Fsp3) is 0.333. The summed E-state index contributed by atoms with van der Waals surface area (Å²) in [7, 11) is 0. The van der Waals surface area contributed by atoms with Gasteiger partial charge in [-0.25, -0.2) is 4.39 Å². The molecule has 0 saturated heterocycles. The largest absolute Gasteiger partial charge is 0.350 e. The van der Waals surface area contributed by atoms with Gasteiger partial charge in [-0.3, -0.25) is 9.59 Å². The van der Waals surface area contributed by atoms with Crippen molar-refractivity contribution in [2.24, 2.45) is 0 Å². The Morgan fingerprint density at radius 3 is 2.58 bits per heavy atom. The number of halogens is 1. The molecule has 0 radical (unpaired) electrons. The third-order valence-corrected chi connectivity index (χ3v) is 5.34. The number of hydrogen-bond acceptors (Lipinski definition) is 3. The van der Waals surface area contributed by atoms with E-state index in [0.29, 0.717) is 18.7 Å². The van der Waals surface area contributed by atoms with Crippen LogP contribution in [0.15, 0.2) is 24.3 Å². The highest BCUT2D eigenvalue weighted by atomic mass is 32.1. The Kier molecular flexibility index (Phi) is 4.94. The average molecular weight is 346 g/mol. The fourth-order valence-corrected chi connectivity index (χ4v) is 3.89. The second kappa shape index (κ2) is 7.13. The SMILES string of the molecule is Cc1ccc(C(=O)NCCNC(=O)c2cc3c(s2)CCC3)cc1F. The Morgan fingerprint density at radius 1 is 1.12 bits per heavy atom. The molecular formula is C18H19FN2O2S. The van der Waals surface area contributed by atoms with E-state index in [1.807, 2.05) is 6.07 Å². The minimum Gasteiger partial charge on any atom is -0.350 e. The molecule has 24 heavy (non-hydrogen) atoms. The van der Waals surface area contributed by atoms with Gasteiger partial charge in [0.05, 0.1) is 4.88 Å². The lowest BCUT2D eigenvalue weighted by Gasteiger charge is -2.07. The number of hydrogen-bond donors (Lipinski definition) is 2. The number of carbonyl (C=O) groups excluding carboxylic acids is 2. The monoisotopic (exact) mass is 346 g/mol. The molecule has 1 aromatic heterocycles. The highest BCUT2D eigenvalue weighted by molar-refractivity contribution is 7.14. The van der Waals surface area contributed by atoms with Crippen LogP contribution in [0.4, 0.5) is 4.39 Å². The van der Waals surface area contributed by atoms with Gasteiger partial charge in [0.2, 0.25) is 0 Å². The van der Waals surface area contributed by atoms with Crippen molar-refractivity contribution in [3.05, 3.63) is 56.5 Å². The first kappa shape index (κ1) is 16.6. The molecule has 0 fully saturated rings. The number of aryl methyl sites for hydroxylation is 3. The van der Waals surface area contributed by atoms with E-state index in [2.05, 4.69) is 10.6 Å². The Balaban J connectivity index is 1.45. The predicted molar refractivity (Wildman–Crippen MR) is 92.1 cm³/mol. The molecule has 2 N–H and O–H groups in total. The topological polar surface area (TPSA) is 58.2 Å². The van der Waals surface area contributed by atoms with Gasteiger partial charge in [0.15, 0.2) is 0 Å². The zero-order chi connectivity index (χ0) is 17.1. The minimum absolute atomic E-state index is 0.106. The molecule has 1 aromatic carbocycles. The van der Waals surface area contributed by atoms with Crippen molar-refractivity contribution in [2.45, 2.75) is 26.2 Å². The Bertz CT molecular complexity index is 764. The second-order valence-corrected chi connectivity index (χ2v) is 7.03. The number of rotatable bonds is 5. The first-order valence-electron chi connectivity index (χ1n) is 7.99. The highest BCUT2D eigenvalue weighted by Crippen LogP contribution is 2.30. The van der Waals surface area contributed by atoms with Gasteiger partial charge in [-0.05, 0) is 55.5 Å². The summed E-state index contributed by atoms with van der Waals surface area (Å²) in [4.78, 5) is 26.1. The van der Waals surface area contributed by atoms with Gasteiger partial charge in [0, 0.05) is 23.5 Å². The Labute approximate surface area is 144 Å². The van der Waals surface area contributed by atoms with E-state index in [1.54, 1.807) is 30.4 Å². The van der Waals surface area contributed by atoms with Crippen molar-refractivity contribution >= 4 is 23.2 Å². The molecule has 6 heteroatoms. The van der Waals surface area contributed by atoms with E-state index < -0.39 is 5.82 Å². The maximum absolute atomic E-state index is 13.5. The molecule has 2 aromatic rings. The lowest BCUT2D eigenvalue weighted by Crippen LogP contribution is -2.34. The molecule has 0 aliphatic heterocycles. The van der Waals surface area contributed by atoms with Crippen LogP contribution in [0, 0.1) is 12.7 Å². The quantitative estimate of drug-likeness (QED) is 0.818. The molecular weight excluding hydrogens is 327 g/mol. The molecule has 0 unspecified atom stereocenters. The molecule has 126 valence electrons. The summed E-state index contributed by atoms with van der Waals surface area (Å²) < 4.78 is 13.5. The van der Waals surface area contributed by atoms with Crippen LogP contribution in [-0.4, -0.2) is 24.9 Å². The number of benzene rings is 1. The first-order valence-corrected chi connectivity index (χ1v) is 8.80. The molecule has 4 nitrogen and oxygen atoms in total. The van der Waals surface area contributed by atoms with Crippen LogP contribution < -0.4 is 10.6 Å². The number of fused-ring (bicyclic) bond motifs is 1. The zero-order valence-electron chi connectivity index (χ0n) is 13.4. The molecule has 2 amide bonds. The molecule has 0 atom stereocenters. The molecule has 1 aliphatic rings. The lowest BCUT2D eigenvalue weighted by molar-refractivity contribution is 0.0929. The summed E-state index contributed by atoms with van der Waals surface area (Å²) >= 11 is 1.55. The van der Waals surface area contributed by atoms with E-state index in [9.17, 15) is 14.0 Å². The maximum atomic E-state index is 13.5. The van der Waals surface area contributed by atoms with Gasteiger partial charge in [0.1, 0.15) is 5.82 Å². The molecule has 0 bridgehead atoms. The van der Waals surface area contributed by atoms with Crippen LogP contribution in [0.1, 0.15) is 42.5 Å². The fourth-order valence-electron chi connectivity index (χ4n) is 2.72. The smallest absolute Gasteiger partial charge is 0.261 e. The van der Waals surface area contributed by atoms with E-state index >= 15 is 0 Å². The summed E-state index contributed by atoms with van der Waals surface area (Å²) in [6.45, 7) is 2.28. The highest BCUT2D eigenvalue weighted by Gasteiger charge is 2.18. The van der Waals surface area contributed by atoms with E-state index in [4.69, 9.17) is 0 Å². The van der Waals surface area contributed by atoms with Crippen LogP contribution in [0.25, 0.3) is 0 Å². The number of nitrogens with one attached hydrogen (secondary N) is 2. The van der Waals surface area contributed by atoms with Crippen molar-refractivity contribution in [3.63, 3.8) is 0 Å². The van der Waals surface area contributed by atoms with Crippen molar-refractivity contribution in [1.82, 2.24) is 10.6 Å². The van der Waals surface area contributed by atoms with Crippen molar-refractivity contribution in [1.29, 1.82) is 0 Å². The molecule has 1 aliphatic carbocycles. The van der Waals surface area contributed by atoms with Gasteiger partial charge in [-0.2, -0.15) is 0 Å². The van der Waals surface area contributed by atoms with E-state index in [-0.39, 0.29) is 17.4 Å². The summed E-state index contributed by atoms with van der Waals surface area (Å²) in [5, 5.41) is 5.47. The van der Waals surface area contributed by atoms with Gasteiger partial charge in [-0.15, -0.1) is 11.3 Å². The standard InChI is InChI=1S/C18H19FN2O2S/c1-11-5-6-13(9-14(11)19)17(22)20-7-8-21-18(23)16-10-12-3-2-4-15(12)24-16/h5-6,9-10H,2-4,7-8H2,1H3,(H,20,22)(H,21,23). The van der Waals surface area contributed by atoms with Gasteiger partial charge < -0.3 is 10.6 Å². The normalized spacial score (nSPS) is 12.8. The first-order chi connectivity index (χ1) is 11.5. The summed E-state index contributed by atoms with van der Waals surface area (Å²) in [5.74, 6) is -0.857. The zero-order valence-corrected chi connectivity index (χ0v) is 14.3. The third kappa shape index (κ3) is 3.64. The maximum Gasteiger partial charge on any atom is 0.261 e.